The summed E-state index contributed by atoms with van der Waals surface area (Å²) in [6.45, 7) is 1.96. The van der Waals surface area contributed by atoms with Crippen molar-refractivity contribution in [3.63, 3.8) is 0 Å². The van der Waals surface area contributed by atoms with E-state index >= 15 is 0 Å². The zero-order valence-electron chi connectivity index (χ0n) is 11.3. The average Bonchev–Trinajstić information content (AvgIpc) is 2.48. The van der Waals surface area contributed by atoms with Crippen molar-refractivity contribution in [2.75, 3.05) is 6.61 Å². The second-order valence-corrected chi connectivity index (χ2v) is 4.55. The van der Waals surface area contributed by atoms with Gasteiger partial charge in [0.2, 0.25) is 0 Å². The quantitative estimate of drug-likeness (QED) is 0.638. The molecule has 0 heterocycles. The van der Waals surface area contributed by atoms with Crippen LogP contribution in [0.5, 0.6) is 5.75 Å². The van der Waals surface area contributed by atoms with Gasteiger partial charge in [0.15, 0.2) is 0 Å². The van der Waals surface area contributed by atoms with E-state index in [4.69, 9.17) is 21.1 Å². The topological polar surface area (TPSA) is 52.6 Å². The van der Waals surface area contributed by atoms with Crippen molar-refractivity contribution in [1.82, 2.24) is 0 Å². The van der Waals surface area contributed by atoms with Crippen molar-refractivity contribution in [3.05, 3.63) is 64.7 Å². The first-order chi connectivity index (χ1) is 10.1. The van der Waals surface area contributed by atoms with Gasteiger partial charge in [-0.1, -0.05) is 23.7 Å². The maximum atomic E-state index is 12.0. The third kappa shape index (κ3) is 3.83. The first-order valence-corrected chi connectivity index (χ1v) is 6.73. The molecule has 0 radical (unpaired) electrons. The standard InChI is InChI=1S/C16H13ClO4/c1-2-20-16(19)13-5-3-4-6-14(13)21-15(18)11-7-9-12(17)10-8-11/h3-10H,2H2,1H3. The highest BCUT2D eigenvalue weighted by atomic mass is 35.5. The molecule has 0 aliphatic carbocycles. The number of rotatable bonds is 4. The summed E-state index contributed by atoms with van der Waals surface area (Å²) in [6, 6.07) is 12.7. The Morgan fingerprint density at radius 3 is 2.33 bits per heavy atom. The smallest absolute Gasteiger partial charge is 0.343 e. The molecule has 0 saturated carbocycles. The highest BCUT2D eigenvalue weighted by Gasteiger charge is 2.16. The summed E-state index contributed by atoms with van der Waals surface area (Å²) in [5, 5.41) is 0.526. The lowest BCUT2D eigenvalue weighted by atomic mass is 10.2. The predicted octanol–water partition coefficient (Wildman–Crippen LogP) is 3.74. The molecule has 2 rings (SSSR count). The fourth-order valence-electron chi connectivity index (χ4n) is 1.68. The molecule has 2 aromatic carbocycles. The molecule has 0 atom stereocenters. The van der Waals surface area contributed by atoms with Crippen LogP contribution in [-0.2, 0) is 4.74 Å². The summed E-state index contributed by atoms with van der Waals surface area (Å²) < 4.78 is 10.2. The van der Waals surface area contributed by atoms with Gasteiger partial charge in [-0.3, -0.25) is 0 Å². The van der Waals surface area contributed by atoms with E-state index in [1.807, 2.05) is 0 Å². The molecule has 0 aromatic heterocycles. The Kier molecular flexibility index (Phi) is 4.95. The molecule has 5 heteroatoms. The molecule has 21 heavy (non-hydrogen) atoms. The summed E-state index contributed by atoms with van der Waals surface area (Å²) in [7, 11) is 0. The van der Waals surface area contributed by atoms with Crippen LogP contribution in [0.1, 0.15) is 27.6 Å². The second kappa shape index (κ2) is 6.90. The molecule has 0 N–H and O–H groups in total. The number of hydrogen-bond acceptors (Lipinski definition) is 4. The lowest BCUT2D eigenvalue weighted by molar-refractivity contribution is 0.0520. The fraction of sp³-hybridized carbons (Fsp3) is 0.125. The number of carbonyl (C=O) groups excluding carboxylic acids is 2. The summed E-state index contributed by atoms with van der Waals surface area (Å²) in [6.07, 6.45) is 0. The van der Waals surface area contributed by atoms with Gasteiger partial charge in [-0.15, -0.1) is 0 Å². The maximum absolute atomic E-state index is 12.0. The van der Waals surface area contributed by atoms with Crippen molar-refractivity contribution in [3.8, 4) is 5.75 Å². The molecular formula is C16H13ClO4. The van der Waals surface area contributed by atoms with Gasteiger partial charge in [-0.2, -0.15) is 0 Å². The first kappa shape index (κ1) is 15.1. The Labute approximate surface area is 127 Å². The fourth-order valence-corrected chi connectivity index (χ4v) is 1.80. The van der Waals surface area contributed by atoms with Gasteiger partial charge >= 0.3 is 11.9 Å². The zero-order valence-corrected chi connectivity index (χ0v) is 12.1. The molecule has 0 aliphatic rings. The van der Waals surface area contributed by atoms with Gasteiger partial charge in [0.05, 0.1) is 12.2 Å². The Balaban J connectivity index is 2.21. The van der Waals surface area contributed by atoms with Crippen molar-refractivity contribution in [2.45, 2.75) is 6.92 Å². The van der Waals surface area contributed by atoms with Crippen LogP contribution in [0, 0.1) is 0 Å². The van der Waals surface area contributed by atoms with E-state index in [0.717, 1.165) is 0 Å². The predicted molar refractivity (Wildman–Crippen MR) is 78.8 cm³/mol. The van der Waals surface area contributed by atoms with Crippen LogP contribution in [0.4, 0.5) is 0 Å². The van der Waals surface area contributed by atoms with Crippen molar-refractivity contribution >= 4 is 23.5 Å². The normalized spacial score (nSPS) is 10.0. The number of para-hydroxylation sites is 1. The van der Waals surface area contributed by atoms with E-state index in [-0.39, 0.29) is 17.9 Å². The maximum Gasteiger partial charge on any atom is 0.343 e. The number of hydrogen-bond donors (Lipinski definition) is 0. The Morgan fingerprint density at radius 1 is 1.00 bits per heavy atom. The highest BCUT2D eigenvalue weighted by molar-refractivity contribution is 6.30. The Morgan fingerprint density at radius 2 is 1.67 bits per heavy atom. The number of halogens is 1. The lowest BCUT2D eigenvalue weighted by Gasteiger charge is -2.09. The van der Waals surface area contributed by atoms with E-state index in [1.165, 1.54) is 0 Å². The van der Waals surface area contributed by atoms with Crippen LogP contribution in [0.15, 0.2) is 48.5 Å². The summed E-state index contributed by atoms with van der Waals surface area (Å²) in [5.74, 6) is -0.934. The third-order valence-electron chi connectivity index (χ3n) is 2.66. The van der Waals surface area contributed by atoms with E-state index < -0.39 is 11.9 Å². The van der Waals surface area contributed by atoms with Crippen molar-refractivity contribution in [1.29, 1.82) is 0 Å². The molecular weight excluding hydrogens is 292 g/mol. The molecule has 0 amide bonds. The average molecular weight is 305 g/mol. The molecule has 0 fully saturated rings. The van der Waals surface area contributed by atoms with E-state index in [1.54, 1.807) is 55.5 Å². The van der Waals surface area contributed by atoms with Crippen LogP contribution in [0.2, 0.25) is 5.02 Å². The summed E-state index contributed by atoms with van der Waals surface area (Å²) >= 11 is 5.76. The largest absolute Gasteiger partial charge is 0.462 e. The molecule has 0 unspecified atom stereocenters. The molecule has 2 aromatic rings. The molecule has 4 nitrogen and oxygen atoms in total. The number of benzene rings is 2. The monoisotopic (exact) mass is 304 g/mol. The van der Waals surface area contributed by atoms with E-state index in [0.29, 0.717) is 10.6 Å². The minimum atomic E-state index is -0.566. The van der Waals surface area contributed by atoms with Gasteiger partial charge in [-0.05, 0) is 43.3 Å². The highest BCUT2D eigenvalue weighted by Crippen LogP contribution is 2.21. The van der Waals surface area contributed by atoms with Gasteiger partial charge in [-0.25, -0.2) is 9.59 Å². The lowest BCUT2D eigenvalue weighted by Crippen LogP contribution is -2.12. The molecule has 0 bridgehead atoms. The second-order valence-electron chi connectivity index (χ2n) is 4.11. The van der Waals surface area contributed by atoms with Crippen LogP contribution < -0.4 is 4.74 Å². The number of ether oxygens (including phenoxy) is 2. The minimum Gasteiger partial charge on any atom is -0.462 e. The summed E-state index contributed by atoms with van der Waals surface area (Å²) in [4.78, 5) is 23.8. The number of esters is 2. The van der Waals surface area contributed by atoms with E-state index in [9.17, 15) is 9.59 Å². The van der Waals surface area contributed by atoms with Gasteiger partial charge in [0.1, 0.15) is 11.3 Å². The van der Waals surface area contributed by atoms with Crippen molar-refractivity contribution in [2.24, 2.45) is 0 Å². The molecule has 0 saturated heterocycles. The minimum absolute atomic E-state index is 0.163. The first-order valence-electron chi connectivity index (χ1n) is 6.35. The number of carbonyl (C=O) groups is 2. The van der Waals surface area contributed by atoms with Crippen LogP contribution in [0.3, 0.4) is 0 Å². The summed E-state index contributed by atoms with van der Waals surface area (Å²) in [5.41, 5.74) is 0.555. The Hall–Kier alpha value is -2.33. The molecule has 0 spiro atoms. The third-order valence-corrected chi connectivity index (χ3v) is 2.92. The molecule has 0 aliphatic heterocycles. The van der Waals surface area contributed by atoms with Crippen LogP contribution in [-0.4, -0.2) is 18.5 Å². The van der Waals surface area contributed by atoms with Gasteiger partial charge in [0, 0.05) is 5.02 Å². The van der Waals surface area contributed by atoms with Crippen molar-refractivity contribution < 1.29 is 19.1 Å². The Bertz CT molecular complexity index is 650. The molecule has 108 valence electrons. The van der Waals surface area contributed by atoms with Crippen LogP contribution >= 0.6 is 11.6 Å². The van der Waals surface area contributed by atoms with Crippen LogP contribution in [0.25, 0.3) is 0 Å². The van der Waals surface area contributed by atoms with Gasteiger partial charge < -0.3 is 9.47 Å². The SMILES string of the molecule is CCOC(=O)c1ccccc1OC(=O)c1ccc(Cl)cc1. The van der Waals surface area contributed by atoms with Gasteiger partial charge in [0.25, 0.3) is 0 Å². The zero-order chi connectivity index (χ0) is 15.2. The van der Waals surface area contributed by atoms with E-state index in [2.05, 4.69) is 0 Å².